The molecule has 1 heterocycles. The van der Waals surface area contributed by atoms with Crippen LogP contribution in [-0.2, 0) is 6.42 Å². The van der Waals surface area contributed by atoms with Crippen LogP contribution in [0.2, 0.25) is 5.02 Å². The van der Waals surface area contributed by atoms with Crippen LogP contribution in [0.5, 0.6) is 0 Å². The molecule has 1 atom stereocenters. The van der Waals surface area contributed by atoms with Crippen molar-refractivity contribution >= 4 is 22.6 Å². The molecule has 2 N–H and O–H groups in total. The normalized spacial score (nSPS) is 12.5. The molecule has 0 aliphatic rings. The molecular weight excluding hydrogens is 289 g/mol. The van der Waals surface area contributed by atoms with E-state index in [2.05, 4.69) is 9.97 Å². The van der Waals surface area contributed by atoms with Crippen LogP contribution >= 0.6 is 11.6 Å². The maximum absolute atomic E-state index is 13.4. The number of aromatic nitrogens is 2. The summed E-state index contributed by atoms with van der Waals surface area (Å²) in [5, 5.41) is 0.133. The second kappa shape index (κ2) is 5.76. The van der Waals surface area contributed by atoms with Crippen molar-refractivity contribution in [3.63, 3.8) is 0 Å². The van der Waals surface area contributed by atoms with Crippen molar-refractivity contribution in [1.82, 2.24) is 9.97 Å². The average Bonchev–Trinajstić information content (AvgIpc) is 2.51. The first kappa shape index (κ1) is 13.9. The van der Waals surface area contributed by atoms with Gasteiger partial charge in [0.05, 0.1) is 16.1 Å². The van der Waals surface area contributed by atoms with Gasteiger partial charge in [0.25, 0.3) is 0 Å². The summed E-state index contributed by atoms with van der Waals surface area (Å²) in [5.41, 5.74) is 9.43. The Bertz CT molecular complexity index is 791. The van der Waals surface area contributed by atoms with Gasteiger partial charge in [-0.2, -0.15) is 0 Å². The monoisotopic (exact) mass is 301 g/mol. The second-order valence-electron chi connectivity index (χ2n) is 4.83. The Morgan fingerprint density at radius 3 is 2.67 bits per heavy atom. The van der Waals surface area contributed by atoms with Gasteiger partial charge in [0.15, 0.2) is 0 Å². The number of hydrogen-bond acceptors (Lipinski definition) is 3. The summed E-state index contributed by atoms with van der Waals surface area (Å²) in [6.07, 6.45) is 3.75. The third-order valence-corrected chi connectivity index (χ3v) is 3.82. The molecule has 0 saturated carbocycles. The molecule has 3 aromatic rings. The van der Waals surface area contributed by atoms with E-state index in [-0.39, 0.29) is 11.1 Å². The maximum Gasteiger partial charge on any atom is 0.142 e. The van der Waals surface area contributed by atoms with Crippen molar-refractivity contribution in [2.75, 3.05) is 0 Å². The molecule has 1 aromatic heterocycles. The average molecular weight is 302 g/mol. The van der Waals surface area contributed by atoms with Crippen molar-refractivity contribution in [2.45, 2.75) is 12.5 Å². The van der Waals surface area contributed by atoms with Crippen molar-refractivity contribution in [3.05, 3.63) is 70.8 Å². The van der Waals surface area contributed by atoms with Crippen LogP contribution in [0, 0.1) is 5.82 Å². The van der Waals surface area contributed by atoms with Gasteiger partial charge in [0.2, 0.25) is 0 Å². The smallest absolute Gasteiger partial charge is 0.142 e. The molecule has 106 valence electrons. The molecule has 0 fully saturated rings. The molecule has 3 rings (SSSR count). The minimum absolute atomic E-state index is 0.133. The Hall–Kier alpha value is -2.04. The van der Waals surface area contributed by atoms with Crippen LogP contribution < -0.4 is 5.73 Å². The van der Waals surface area contributed by atoms with Gasteiger partial charge >= 0.3 is 0 Å². The van der Waals surface area contributed by atoms with E-state index in [0.29, 0.717) is 12.0 Å². The first-order valence-electron chi connectivity index (χ1n) is 6.54. The summed E-state index contributed by atoms with van der Waals surface area (Å²) >= 11 is 5.97. The zero-order valence-corrected chi connectivity index (χ0v) is 11.9. The lowest BCUT2D eigenvalue weighted by Crippen LogP contribution is -2.14. The number of benzene rings is 2. The standard InChI is InChI=1S/C16H13ClFN3/c17-16-11(2-1-3-12(16)18)8-13(19)10-4-5-14-15(9-10)21-7-6-20-14/h1-7,9,13H,8,19H2. The molecule has 0 bridgehead atoms. The van der Waals surface area contributed by atoms with E-state index in [1.807, 2.05) is 18.2 Å². The fourth-order valence-electron chi connectivity index (χ4n) is 2.27. The van der Waals surface area contributed by atoms with E-state index in [1.54, 1.807) is 24.5 Å². The van der Waals surface area contributed by atoms with Gasteiger partial charge in [-0.25, -0.2) is 4.39 Å². The van der Waals surface area contributed by atoms with Crippen LogP contribution in [0.15, 0.2) is 48.8 Å². The van der Waals surface area contributed by atoms with Gasteiger partial charge in [-0.15, -0.1) is 0 Å². The summed E-state index contributed by atoms with van der Waals surface area (Å²) in [7, 11) is 0. The fourth-order valence-corrected chi connectivity index (χ4v) is 2.47. The number of nitrogens with two attached hydrogens (primary N) is 1. The highest BCUT2D eigenvalue weighted by molar-refractivity contribution is 6.31. The van der Waals surface area contributed by atoms with Gasteiger partial charge in [0.1, 0.15) is 5.82 Å². The first-order chi connectivity index (χ1) is 10.1. The van der Waals surface area contributed by atoms with E-state index < -0.39 is 5.82 Å². The Balaban J connectivity index is 1.89. The molecular formula is C16H13ClFN3. The Kier molecular flexibility index (Phi) is 3.82. The lowest BCUT2D eigenvalue weighted by Gasteiger charge is -2.14. The van der Waals surface area contributed by atoms with Crippen LogP contribution in [0.25, 0.3) is 11.0 Å². The van der Waals surface area contributed by atoms with Gasteiger partial charge in [-0.3, -0.25) is 9.97 Å². The molecule has 3 nitrogen and oxygen atoms in total. The lowest BCUT2D eigenvalue weighted by atomic mass is 9.99. The Morgan fingerprint density at radius 1 is 1.10 bits per heavy atom. The lowest BCUT2D eigenvalue weighted by molar-refractivity contribution is 0.622. The van der Waals surface area contributed by atoms with Crippen LogP contribution in [0.3, 0.4) is 0 Å². The van der Waals surface area contributed by atoms with Gasteiger partial charge in [-0.05, 0) is 35.7 Å². The Labute approximate surface area is 126 Å². The second-order valence-corrected chi connectivity index (χ2v) is 5.21. The molecule has 0 spiro atoms. The highest BCUT2D eigenvalue weighted by Gasteiger charge is 2.12. The Morgan fingerprint density at radius 2 is 1.86 bits per heavy atom. The summed E-state index contributed by atoms with van der Waals surface area (Å²) in [4.78, 5) is 8.48. The zero-order chi connectivity index (χ0) is 14.8. The van der Waals surface area contributed by atoms with Crippen molar-refractivity contribution in [2.24, 2.45) is 5.73 Å². The number of fused-ring (bicyclic) bond motifs is 1. The summed E-state index contributed by atoms with van der Waals surface area (Å²) in [6, 6.07) is 10.2. The SMILES string of the molecule is NC(Cc1cccc(F)c1Cl)c1ccc2nccnc2c1. The van der Waals surface area contributed by atoms with Crippen molar-refractivity contribution in [1.29, 1.82) is 0 Å². The molecule has 0 aliphatic carbocycles. The van der Waals surface area contributed by atoms with Crippen molar-refractivity contribution in [3.8, 4) is 0 Å². The van der Waals surface area contributed by atoms with Crippen LogP contribution in [0.4, 0.5) is 4.39 Å². The molecule has 0 saturated heterocycles. The van der Waals surface area contributed by atoms with E-state index in [1.165, 1.54) is 6.07 Å². The predicted octanol–water partition coefficient (Wildman–Crippen LogP) is 3.66. The van der Waals surface area contributed by atoms with E-state index in [9.17, 15) is 4.39 Å². The minimum Gasteiger partial charge on any atom is -0.324 e. The van der Waals surface area contributed by atoms with Gasteiger partial charge in [0, 0.05) is 18.4 Å². The molecule has 21 heavy (non-hydrogen) atoms. The van der Waals surface area contributed by atoms with Crippen LogP contribution in [0.1, 0.15) is 17.2 Å². The quantitative estimate of drug-likeness (QED) is 0.803. The molecule has 0 aliphatic heterocycles. The van der Waals surface area contributed by atoms with Gasteiger partial charge < -0.3 is 5.73 Å². The van der Waals surface area contributed by atoms with Crippen LogP contribution in [-0.4, -0.2) is 9.97 Å². The third kappa shape index (κ3) is 2.86. The number of nitrogens with zero attached hydrogens (tertiary/aromatic N) is 2. The number of halogens is 2. The predicted molar refractivity (Wildman–Crippen MR) is 81.6 cm³/mol. The van der Waals surface area contributed by atoms with E-state index in [0.717, 1.165) is 16.6 Å². The molecule has 1 unspecified atom stereocenters. The highest BCUT2D eigenvalue weighted by atomic mass is 35.5. The number of rotatable bonds is 3. The summed E-state index contributed by atoms with van der Waals surface area (Å²) < 4.78 is 13.4. The van der Waals surface area contributed by atoms with E-state index >= 15 is 0 Å². The van der Waals surface area contributed by atoms with Crippen molar-refractivity contribution < 1.29 is 4.39 Å². The zero-order valence-electron chi connectivity index (χ0n) is 11.1. The molecule has 2 aromatic carbocycles. The molecule has 0 amide bonds. The maximum atomic E-state index is 13.4. The van der Waals surface area contributed by atoms with E-state index in [4.69, 9.17) is 17.3 Å². The minimum atomic E-state index is -0.425. The number of hydrogen-bond donors (Lipinski definition) is 1. The fraction of sp³-hybridized carbons (Fsp3) is 0.125. The topological polar surface area (TPSA) is 51.8 Å². The summed E-state index contributed by atoms with van der Waals surface area (Å²) in [5.74, 6) is -0.425. The highest BCUT2D eigenvalue weighted by Crippen LogP contribution is 2.25. The largest absolute Gasteiger partial charge is 0.324 e. The first-order valence-corrected chi connectivity index (χ1v) is 6.92. The third-order valence-electron chi connectivity index (χ3n) is 3.39. The molecule has 5 heteroatoms. The summed E-state index contributed by atoms with van der Waals surface area (Å²) in [6.45, 7) is 0. The van der Waals surface area contributed by atoms with Gasteiger partial charge in [-0.1, -0.05) is 29.8 Å². The molecule has 0 radical (unpaired) electrons.